The molecule has 1 aromatic rings. The summed E-state index contributed by atoms with van der Waals surface area (Å²) in [5.41, 5.74) is 1.33. The largest absolute Gasteiger partial charge is 0.381 e. The van der Waals surface area contributed by atoms with Crippen molar-refractivity contribution in [1.29, 1.82) is 0 Å². The molecule has 1 fully saturated rings. The smallest absolute Gasteiger partial charge is 0.0480 e. The van der Waals surface area contributed by atoms with Crippen molar-refractivity contribution in [1.82, 2.24) is 0 Å². The fourth-order valence-electron chi connectivity index (χ4n) is 2.66. The van der Waals surface area contributed by atoms with Crippen LogP contribution in [0.25, 0.3) is 0 Å². The van der Waals surface area contributed by atoms with E-state index < -0.39 is 0 Å². The van der Waals surface area contributed by atoms with E-state index in [0.29, 0.717) is 6.04 Å². The van der Waals surface area contributed by atoms with E-state index in [-0.39, 0.29) is 0 Å². The van der Waals surface area contributed by atoms with E-state index in [1.54, 1.807) is 0 Å². The van der Waals surface area contributed by atoms with Crippen LogP contribution >= 0.6 is 11.8 Å². The SMILES string of the molecule is CCSc1ccccc1NC1CCC(CC)C1. The van der Waals surface area contributed by atoms with Gasteiger partial charge in [-0.05, 0) is 43.1 Å². The van der Waals surface area contributed by atoms with Crippen LogP contribution in [-0.4, -0.2) is 11.8 Å². The fraction of sp³-hybridized carbons (Fsp3) is 0.600. The van der Waals surface area contributed by atoms with E-state index in [9.17, 15) is 0 Å². The van der Waals surface area contributed by atoms with Crippen molar-refractivity contribution >= 4 is 17.4 Å². The second-order valence-electron chi connectivity index (χ2n) is 4.86. The summed E-state index contributed by atoms with van der Waals surface area (Å²) in [7, 11) is 0. The number of nitrogens with one attached hydrogen (secondary N) is 1. The van der Waals surface area contributed by atoms with E-state index >= 15 is 0 Å². The van der Waals surface area contributed by atoms with Crippen LogP contribution in [0.2, 0.25) is 0 Å². The lowest BCUT2D eigenvalue weighted by molar-refractivity contribution is 0.525. The molecule has 2 heteroatoms. The molecule has 2 unspecified atom stereocenters. The van der Waals surface area contributed by atoms with Gasteiger partial charge in [0, 0.05) is 16.6 Å². The van der Waals surface area contributed by atoms with E-state index in [0.717, 1.165) is 11.7 Å². The highest BCUT2D eigenvalue weighted by Crippen LogP contribution is 2.33. The lowest BCUT2D eigenvalue weighted by Crippen LogP contribution is -2.15. The highest BCUT2D eigenvalue weighted by atomic mass is 32.2. The van der Waals surface area contributed by atoms with Crippen molar-refractivity contribution in [2.75, 3.05) is 11.1 Å². The van der Waals surface area contributed by atoms with Gasteiger partial charge in [0.25, 0.3) is 0 Å². The number of para-hydroxylation sites is 1. The van der Waals surface area contributed by atoms with Crippen LogP contribution in [0.15, 0.2) is 29.2 Å². The molecule has 1 aromatic carbocycles. The van der Waals surface area contributed by atoms with Crippen LogP contribution in [0, 0.1) is 5.92 Å². The molecule has 17 heavy (non-hydrogen) atoms. The summed E-state index contributed by atoms with van der Waals surface area (Å²) >= 11 is 1.93. The Hall–Kier alpha value is -0.630. The average Bonchev–Trinajstić information content (AvgIpc) is 2.80. The first-order valence-electron chi connectivity index (χ1n) is 6.81. The monoisotopic (exact) mass is 249 g/mol. The first kappa shape index (κ1) is 12.8. The maximum absolute atomic E-state index is 3.74. The van der Waals surface area contributed by atoms with E-state index in [1.165, 1.54) is 36.3 Å². The number of thioether (sulfide) groups is 1. The number of hydrogen-bond acceptors (Lipinski definition) is 2. The van der Waals surface area contributed by atoms with Crippen LogP contribution < -0.4 is 5.32 Å². The average molecular weight is 249 g/mol. The minimum Gasteiger partial charge on any atom is -0.381 e. The van der Waals surface area contributed by atoms with Gasteiger partial charge in [-0.25, -0.2) is 0 Å². The molecule has 94 valence electrons. The van der Waals surface area contributed by atoms with Gasteiger partial charge in [-0.3, -0.25) is 0 Å². The van der Waals surface area contributed by atoms with Crippen LogP contribution in [-0.2, 0) is 0 Å². The highest BCUT2D eigenvalue weighted by Gasteiger charge is 2.23. The minimum atomic E-state index is 0.693. The van der Waals surface area contributed by atoms with Crippen molar-refractivity contribution in [2.45, 2.75) is 50.5 Å². The summed E-state index contributed by atoms with van der Waals surface area (Å²) < 4.78 is 0. The zero-order valence-corrected chi connectivity index (χ0v) is 11.7. The standard InChI is InChI=1S/C15H23NS/c1-3-12-9-10-13(11-12)16-14-7-5-6-8-15(14)17-4-2/h5-8,12-13,16H,3-4,9-11H2,1-2H3. The van der Waals surface area contributed by atoms with Gasteiger partial charge in [0.1, 0.15) is 0 Å². The first-order valence-corrected chi connectivity index (χ1v) is 7.80. The minimum absolute atomic E-state index is 0.693. The van der Waals surface area contributed by atoms with Crippen LogP contribution in [0.4, 0.5) is 5.69 Å². The molecule has 1 saturated carbocycles. The number of benzene rings is 1. The second-order valence-corrected chi connectivity index (χ2v) is 6.16. The summed E-state index contributed by atoms with van der Waals surface area (Å²) in [6.45, 7) is 4.53. The molecule has 0 aliphatic heterocycles. The Balaban J connectivity index is 1.98. The number of hydrogen-bond donors (Lipinski definition) is 1. The van der Waals surface area contributed by atoms with Gasteiger partial charge in [-0.1, -0.05) is 32.4 Å². The zero-order valence-electron chi connectivity index (χ0n) is 10.9. The van der Waals surface area contributed by atoms with E-state index in [4.69, 9.17) is 0 Å². The fourth-order valence-corrected chi connectivity index (χ4v) is 3.43. The molecule has 2 atom stereocenters. The van der Waals surface area contributed by atoms with Gasteiger partial charge >= 0.3 is 0 Å². The topological polar surface area (TPSA) is 12.0 Å². The quantitative estimate of drug-likeness (QED) is 0.753. The molecule has 0 heterocycles. The third kappa shape index (κ3) is 3.41. The molecule has 0 bridgehead atoms. The van der Waals surface area contributed by atoms with Crippen molar-refractivity contribution in [3.8, 4) is 0 Å². The molecule has 0 aromatic heterocycles. The summed E-state index contributed by atoms with van der Waals surface area (Å²) in [5, 5.41) is 3.74. The van der Waals surface area contributed by atoms with Crippen molar-refractivity contribution < 1.29 is 0 Å². The third-order valence-corrected chi connectivity index (χ3v) is 4.62. The van der Waals surface area contributed by atoms with Gasteiger partial charge < -0.3 is 5.32 Å². The molecule has 0 radical (unpaired) electrons. The number of anilines is 1. The van der Waals surface area contributed by atoms with Crippen molar-refractivity contribution in [2.24, 2.45) is 5.92 Å². The molecule has 0 spiro atoms. The Kier molecular flexibility index (Phi) is 4.78. The molecule has 0 saturated heterocycles. The molecular weight excluding hydrogens is 226 g/mol. The maximum atomic E-state index is 3.74. The number of rotatable bonds is 5. The van der Waals surface area contributed by atoms with Crippen molar-refractivity contribution in [3.05, 3.63) is 24.3 Å². The van der Waals surface area contributed by atoms with Gasteiger partial charge in [-0.15, -0.1) is 11.8 Å². The third-order valence-electron chi connectivity index (χ3n) is 3.67. The summed E-state index contributed by atoms with van der Waals surface area (Å²) in [5.74, 6) is 2.08. The highest BCUT2D eigenvalue weighted by molar-refractivity contribution is 7.99. The Morgan fingerprint density at radius 1 is 1.24 bits per heavy atom. The molecule has 2 rings (SSSR count). The normalized spacial score (nSPS) is 23.9. The van der Waals surface area contributed by atoms with E-state index in [2.05, 4.69) is 43.4 Å². The molecule has 1 nitrogen and oxygen atoms in total. The van der Waals surface area contributed by atoms with Gasteiger partial charge in [0.15, 0.2) is 0 Å². The Bertz CT molecular complexity index is 351. The van der Waals surface area contributed by atoms with Crippen LogP contribution in [0.1, 0.15) is 39.5 Å². The van der Waals surface area contributed by atoms with Gasteiger partial charge in [0.2, 0.25) is 0 Å². The van der Waals surface area contributed by atoms with E-state index in [1.807, 2.05) is 11.8 Å². The second kappa shape index (κ2) is 6.34. The molecule has 1 aliphatic carbocycles. The zero-order chi connectivity index (χ0) is 12.1. The van der Waals surface area contributed by atoms with Gasteiger partial charge in [0.05, 0.1) is 0 Å². The molecular formula is C15H23NS. The molecule has 1 aliphatic rings. The van der Waals surface area contributed by atoms with Crippen LogP contribution in [0.5, 0.6) is 0 Å². The Labute approximate surface area is 109 Å². The summed E-state index contributed by atoms with van der Waals surface area (Å²) in [6, 6.07) is 9.40. The van der Waals surface area contributed by atoms with Crippen molar-refractivity contribution in [3.63, 3.8) is 0 Å². The first-order chi connectivity index (χ1) is 8.33. The predicted molar refractivity (Wildman–Crippen MR) is 77.9 cm³/mol. The lowest BCUT2D eigenvalue weighted by Gasteiger charge is -2.17. The predicted octanol–water partition coefficient (Wildman–Crippen LogP) is 4.79. The lowest BCUT2D eigenvalue weighted by atomic mass is 10.1. The molecule has 1 N–H and O–H groups in total. The maximum Gasteiger partial charge on any atom is 0.0480 e. The molecule has 0 amide bonds. The Morgan fingerprint density at radius 2 is 2.06 bits per heavy atom. The summed E-state index contributed by atoms with van der Waals surface area (Å²) in [6.07, 6.45) is 5.42. The Morgan fingerprint density at radius 3 is 2.76 bits per heavy atom. The summed E-state index contributed by atoms with van der Waals surface area (Å²) in [4.78, 5) is 1.40. The van der Waals surface area contributed by atoms with Gasteiger partial charge in [-0.2, -0.15) is 0 Å². The van der Waals surface area contributed by atoms with Crippen LogP contribution in [0.3, 0.4) is 0 Å².